The Hall–Kier alpha value is -1.83. The van der Waals surface area contributed by atoms with Crippen molar-refractivity contribution in [2.45, 2.75) is 39.5 Å². The Morgan fingerprint density at radius 3 is 1.90 bits per heavy atom. The molecule has 0 radical (unpaired) electrons. The topological polar surface area (TPSA) is 20.2 Å². The van der Waals surface area contributed by atoms with Crippen LogP contribution in [0.1, 0.15) is 50.7 Å². The van der Waals surface area contributed by atoms with E-state index in [-0.39, 0.29) is 5.75 Å². The summed E-state index contributed by atoms with van der Waals surface area (Å²) < 4.78 is 13.7. The van der Waals surface area contributed by atoms with Crippen LogP contribution in [0, 0.1) is 5.82 Å². The highest BCUT2D eigenvalue weighted by molar-refractivity contribution is 5.73. The Kier molecular flexibility index (Phi) is 4.12. The molecule has 0 heterocycles. The maximum atomic E-state index is 13.7. The van der Waals surface area contributed by atoms with E-state index >= 15 is 0 Å². The lowest BCUT2D eigenvalue weighted by Gasteiger charge is -2.20. The Morgan fingerprint density at radius 1 is 0.900 bits per heavy atom. The van der Waals surface area contributed by atoms with Crippen LogP contribution in [0.25, 0.3) is 11.1 Å². The average molecular weight is 272 g/mol. The number of aromatic hydroxyl groups is 1. The summed E-state index contributed by atoms with van der Waals surface area (Å²) in [4.78, 5) is 0. The van der Waals surface area contributed by atoms with Crippen molar-refractivity contribution in [1.29, 1.82) is 0 Å². The van der Waals surface area contributed by atoms with Crippen molar-refractivity contribution >= 4 is 0 Å². The van der Waals surface area contributed by atoms with Crippen LogP contribution >= 0.6 is 0 Å². The second-order valence-corrected chi connectivity index (χ2v) is 5.79. The van der Waals surface area contributed by atoms with Crippen LogP contribution in [-0.4, -0.2) is 5.11 Å². The molecule has 0 aromatic heterocycles. The zero-order valence-electron chi connectivity index (χ0n) is 12.4. The fourth-order valence-electron chi connectivity index (χ4n) is 2.55. The first-order valence-corrected chi connectivity index (χ1v) is 7.03. The molecule has 2 rings (SSSR count). The van der Waals surface area contributed by atoms with Crippen LogP contribution < -0.4 is 0 Å². The quantitative estimate of drug-likeness (QED) is 0.788. The fraction of sp³-hybridized carbons (Fsp3) is 0.333. The smallest absolute Gasteiger partial charge is 0.165 e. The monoisotopic (exact) mass is 272 g/mol. The first-order chi connectivity index (χ1) is 9.41. The van der Waals surface area contributed by atoms with Gasteiger partial charge in [0.15, 0.2) is 11.6 Å². The summed E-state index contributed by atoms with van der Waals surface area (Å²) in [6.07, 6.45) is 0. The number of phenols is 1. The third-order valence-electron chi connectivity index (χ3n) is 3.61. The van der Waals surface area contributed by atoms with E-state index in [0.29, 0.717) is 11.8 Å². The molecule has 2 aromatic rings. The van der Waals surface area contributed by atoms with Crippen molar-refractivity contribution in [2.75, 3.05) is 0 Å². The highest BCUT2D eigenvalue weighted by Crippen LogP contribution is 2.37. The summed E-state index contributed by atoms with van der Waals surface area (Å²) in [6.45, 7) is 8.55. The SMILES string of the molecule is CC(C)c1cccc(C(C)C)c1-c1ccc(O)c(F)c1. The molecule has 0 saturated heterocycles. The highest BCUT2D eigenvalue weighted by Gasteiger charge is 2.16. The van der Waals surface area contributed by atoms with Gasteiger partial charge in [0, 0.05) is 0 Å². The maximum absolute atomic E-state index is 13.7. The van der Waals surface area contributed by atoms with E-state index in [2.05, 4.69) is 45.9 Å². The van der Waals surface area contributed by atoms with Crippen molar-refractivity contribution < 1.29 is 9.50 Å². The van der Waals surface area contributed by atoms with Crippen molar-refractivity contribution in [3.8, 4) is 16.9 Å². The second-order valence-electron chi connectivity index (χ2n) is 5.79. The molecule has 2 aromatic carbocycles. The van der Waals surface area contributed by atoms with Gasteiger partial charge < -0.3 is 5.11 Å². The summed E-state index contributed by atoms with van der Waals surface area (Å²) >= 11 is 0. The van der Waals surface area contributed by atoms with Gasteiger partial charge >= 0.3 is 0 Å². The minimum Gasteiger partial charge on any atom is -0.505 e. The summed E-state index contributed by atoms with van der Waals surface area (Å²) in [5, 5.41) is 9.37. The summed E-state index contributed by atoms with van der Waals surface area (Å²) in [5.74, 6) is -0.154. The molecule has 0 fully saturated rings. The number of phenolic OH excluding ortho intramolecular Hbond substituents is 1. The molecule has 0 atom stereocenters. The predicted molar refractivity (Wildman–Crippen MR) is 81.7 cm³/mol. The van der Waals surface area contributed by atoms with E-state index in [1.807, 2.05) is 0 Å². The number of hydrogen-bond donors (Lipinski definition) is 1. The van der Waals surface area contributed by atoms with Gasteiger partial charge in [-0.25, -0.2) is 4.39 Å². The lowest BCUT2D eigenvalue weighted by Crippen LogP contribution is -2.00. The van der Waals surface area contributed by atoms with Gasteiger partial charge in [0.25, 0.3) is 0 Å². The third kappa shape index (κ3) is 2.69. The van der Waals surface area contributed by atoms with Gasteiger partial charge in [0.1, 0.15) is 0 Å². The van der Waals surface area contributed by atoms with Crippen molar-refractivity contribution in [1.82, 2.24) is 0 Å². The molecule has 0 aliphatic heterocycles. The van der Waals surface area contributed by atoms with Crippen molar-refractivity contribution in [3.05, 3.63) is 53.3 Å². The minimum atomic E-state index is -0.573. The molecule has 0 aliphatic rings. The minimum absolute atomic E-state index is 0.304. The number of halogens is 1. The first-order valence-electron chi connectivity index (χ1n) is 7.03. The van der Waals surface area contributed by atoms with E-state index in [1.54, 1.807) is 6.07 Å². The van der Waals surface area contributed by atoms with Crippen LogP contribution in [0.15, 0.2) is 36.4 Å². The van der Waals surface area contributed by atoms with Gasteiger partial charge in [-0.3, -0.25) is 0 Å². The summed E-state index contributed by atoms with van der Waals surface area (Å²) in [6, 6.07) is 10.9. The first kappa shape index (κ1) is 14.6. The number of rotatable bonds is 3. The van der Waals surface area contributed by atoms with E-state index in [1.165, 1.54) is 23.3 Å². The molecule has 0 saturated carbocycles. The Morgan fingerprint density at radius 2 is 1.45 bits per heavy atom. The summed E-state index contributed by atoms with van der Waals surface area (Å²) in [5.41, 5.74) is 4.34. The van der Waals surface area contributed by atoms with E-state index in [9.17, 15) is 9.50 Å². The average Bonchev–Trinajstić information content (AvgIpc) is 2.41. The molecule has 2 heteroatoms. The standard InChI is InChI=1S/C18H21FO/c1-11(2)14-6-5-7-15(12(3)4)18(14)13-8-9-17(20)16(19)10-13/h5-12,20H,1-4H3. The van der Waals surface area contributed by atoms with E-state index in [0.717, 1.165) is 11.1 Å². The van der Waals surface area contributed by atoms with E-state index < -0.39 is 5.82 Å². The lowest BCUT2D eigenvalue weighted by molar-refractivity contribution is 0.432. The molecule has 0 unspecified atom stereocenters. The molecule has 0 amide bonds. The van der Waals surface area contributed by atoms with Crippen LogP contribution in [0.2, 0.25) is 0 Å². The predicted octanol–water partition coefficient (Wildman–Crippen LogP) is 5.45. The molecule has 106 valence electrons. The third-order valence-corrected chi connectivity index (χ3v) is 3.61. The molecular formula is C18H21FO. The van der Waals surface area contributed by atoms with E-state index in [4.69, 9.17) is 0 Å². The molecule has 0 aliphatic carbocycles. The Balaban J connectivity index is 2.72. The largest absolute Gasteiger partial charge is 0.505 e. The molecule has 0 bridgehead atoms. The fourth-order valence-corrected chi connectivity index (χ4v) is 2.55. The van der Waals surface area contributed by atoms with Gasteiger partial charge in [-0.05, 0) is 46.2 Å². The van der Waals surface area contributed by atoms with Crippen molar-refractivity contribution in [2.24, 2.45) is 0 Å². The second kappa shape index (κ2) is 5.66. The van der Waals surface area contributed by atoms with Gasteiger partial charge in [0.2, 0.25) is 0 Å². The zero-order valence-corrected chi connectivity index (χ0v) is 12.4. The highest BCUT2D eigenvalue weighted by atomic mass is 19.1. The number of hydrogen-bond acceptors (Lipinski definition) is 1. The summed E-state index contributed by atoms with van der Waals surface area (Å²) in [7, 11) is 0. The van der Waals surface area contributed by atoms with Crippen LogP contribution in [0.3, 0.4) is 0 Å². The van der Waals surface area contributed by atoms with Gasteiger partial charge in [0.05, 0.1) is 0 Å². The zero-order chi connectivity index (χ0) is 14.9. The van der Waals surface area contributed by atoms with Gasteiger partial charge in [-0.1, -0.05) is 52.0 Å². The lowest BCUT2D eigenvalue weighted by atomic mass is 9.85. The van der Waals surface area contributed by atoms with Gasteiger partial charge in [-0.2, -0.15) is 0 Å². The molecule has 1 N–H and O–H groups in total. The van der Waals surface area contributed by atoms with Crippen molar-refractivity contribution in [3.63, 3.8) is 0 Å². The Bertz CT molecular complexity index is 589. The molecule has 1 nitrogen and oxygen atoms in total. The van der Waals surface area contributed by atoms with Crippen LogP contribution in [-0.2, 0) is 0 Å². The normalized spacial score (nSPS) is 11.3. The molecular weight excluding hydrogens is 251 g/mol. The van der Waals surface area contributed by atoms with Gasteiger partial charge in [-0.15, -0.1) is 0 Å². The maximum Gasteiger partial charge on any atom is 0.165 e. The Labute approximate surface area is 120 Å². The van der Waals surface area contributed by atoms with Crippen LogP contribution in [0.5, 0.6) is 5.75 Å². The molecule has 20 heavy (non-hydrogen) atoms. The molecule has 0 spiro atoms. The number of benzene rings is 2. The van der Waals surface area contributed by atoms with Crippen LogP contribution in [0.4, 0.5) is 4.39 Å².